The van der Waals surface area contributed by atoms with E-state index < -0.39 is 16.6 Å². The average Bonchev–Trinajstić information content (AvgIpc) is 2.75. The van der Waals surface area contributed by atoms with Gasteiger partial charge in [-0.15, -0.1) is 0 Å². The van der Waals surface area contributed by atoms with Gasteiger partial charge in [0.2, 0.25) is 0 Å². The van der Waals surface area contributed by atoms with Crippen molar-refractivity contribution in [2.75, 3.05) is 0 Å². The molecular weight excluding hydrogens is 501 g/mol. The van der Waals surface area contributed by atoms with Gasteiger partial charge < -0.3 is 8.85 Å². The lowest BCUT2D eigenvalue weighted by Crippen LogP contribution is -2.58. The molecule has 0 amide bonds. The Morgan fingerprint density at radius 1 is 0.842 bits per heavy atom. The van der Waals surface area contributed by atoms with Crippen molar-refractivity contribution in [3.05, 3.63) is 0 Å². The summed E-state index contributed by atoms with van der Waals surface area (Å²) in [6, 6.07) is 0. The molecule has 3 aliphatic rings. The summed E-state index contributed by atoms with van der Waals surface area (Å²) in [5, 5.41) is 0.320. The smallest absolute Gasteiger partial charge is 0.193 e. The van der Waals surface area contributed by atoms with E-state index in [1.54, 1.807) is 0 Å². The van der Waals surface area contributed by atoms with E-state index in [4.69, 9.17) is 8.85 Å². The van der Waals surface area contributed by atoms with Crippen molar-refractivity contribution in [1.29, 1.82) is 0 Å². The Kier molecular flexibility index (Phi) is 10.3. The number of hydrogen-bond acceptors (Lipinski definition) is 3. The van der Waals surface area contributed by atoms with Gasteiger partial charge in [0.05, 0.1) is 6.10 Å². The highest BCUT2D eigenvalue weighted by Gasteiger charge is 2.57. The fourth-order valence-corrected chi connectivity index (χ4v) is 9.09. The van der Waals surface area contributed by atoms with Gasteiger partial charge in [-0.3, -0.25) is 4.79 Å². The highest BCUT2D eigenvalue weighted by molar-refractivity contribution is 6.74. The highest BCUT2D eigenvalue weighted by atomic mass is 28.4. The first-order valence-electron chi connectivity index (χ1n) is 15.9. The topological polar surface area (TPSA) is 35.5 Å². The lowest BCUT2D eigenvalue weighted by atomic mass is 9.52. The molecule has 3 fully saturated rings. The van der Waals surface area contributed by atoms with E-state index >= 15 is 0 Å². The summed E-state index contributed by atoms with van der Waals surface area (Å²) in [7, 11) is -3.93. The van der Waals surface area contributed by atoms with Crippen molar-refractivity contribution in [2.24, 2.45) is 29.6 Å². The predicted octanol–water partition coefficient (Wildman–Crippen LogP) is 9.38. The summed E-state index contributed by atoms with van der Waals surface area (Å²) in [6.45, 7) is 25.6. The molecule has 0 bridgehead atoms. The van der Waals surface area contributed by atoms with Gasteiger partial charge in [0.25, 0.3) is 0 Å². The van der Waals surface area contributed by atoms with E-state index in [2.05, 4.69) is 86.5 Å². The lowest BCUT2D eigenvalue weighted by Gasteiger charge is -2.53. The molecule has 0 N–H and O–H groups in total. The third-order valence-electron chi connectivity index (χ3n) is 11.1. The van der Waals surface area contributed by atoms with Crippen LogP contribution in [-0.2, 0) is 13.6 Å². The SMILES string of the molecule is CCC1C(=O)[C@@H]2CC[C@H](O[Si](C)(C)C(C)(C)C)[C@@H](C#C[C@@H](O[Si](C)(C)C(C)(C)C)C3CCCCCCC3)[C@H]12. The molecule has 0 spiro atoms. The van der Waals surface area contributed by atoms with E-state index in [0.29, 0.717) is 17.6 Å². The van der Waals surface area contributed by atoms with Gasteiger partial charge in [-0.05, 0) is 80.2 Å². The van der Waals surface area contributed by atoms with E-state index in [1.807, 2.05) is 0 Å². The number of ketones is 1. The second kappa shape index (κ2) is 12.2. The first-order valence-corrected chi connectivity index (χ1v) is 21.7. The zero-order valence-electron chi connectivity index (χ0n) is 26.8. The van der Waals surface area contributed by atoms with Gasteiger partial charge in [-0.1, -0.05) is 92.4 Å². The fraction of sp³-hybridized carbons (Fsp3) is 0.909. The average molecular weight is 561 g/mol. The Bertz CT molecular complexity index is 853. The molecule has 218 valence electrons. The van der Waals surface area contributed by atoms with Crippen LogP contribution in [0.15, 0.2) is 0 Å². The van der Waals surface area contributed by atoms with Crippen LogP contribution in [0.4, 0.5) is 0 Å². The molecule has 0 aromatic carbocycles. The highest BCUT2D eigenvalue weighted by Crippen LogP contribution is 2.53. The molecule has 0 aromatic heterocycles. The third-order valence-corrected chi connectivity index (χ3v) is 20.1. The Balaban J connectivity index is 1.97. The molecule has 1 unspecified atom stereocenters. The number of fused-ring (bicyclic) bond motifs is 1. The van der Waals surface area contributed by atoms with Gasteiger partial charge in [-0.25, -0.2) is 0 Å². The monoisotopic (exact) mass is 560 g/mol. The van der Waals surface area contributed by atoms with E-state index in [-0.39, 0.29) is 40.0 Å². The van der Waals surface area contributed by atoms with Crippen molar-refractivity contribution in [3.8, 4) is 11.8 Å². The number of rotatable bonds is 6. The van der Waals surface area contributed by atoms with Crippen molar-refractivity contribution < 1.29 is 13.6 Å². The van der Waals surface area contributed by atoms with Crippen LogP contribution >= 0.6 is 0 Å². The van der Waals surface area contributed by atoms with E-state index in [0.717, 1.165) is 19.3 Å². The molecule has 3 nitrogen and oxygen atoms in total. The van der Waals surface area contributed by atoms with Crippen LogP contribution in [0.25, 0.3) is 0 Å². The Hall–Kier alpha value is -0.416. The van der Waals surface area contributed by atoms with E-state index in [9.17, 15) is 4.79 Å². The maximum atomic E-state index is 13.0. The minimum absolute atomic E-state index is 0.00116. The van der Waals surface area contributed by atoms with Gasteiger partial charge in [0, 0.05) is 17.8 Å². The van der Waals surface area contributed by atoms with Crippen molar-refractivity contribution in [1.82, 2.24) is 0 Å². The molecular formula is C33H60O3Si2. The summed E-state index contributed by atoms with van der Waals surface area (Å²) >= 11 is 0. The van der Waals surface area contributed by atoms with Crippen LogP contribution < -0.4 is 0 Å². The van der Waals surface area contributed by atoms with Crippen LogP contribution in [0.1, 0.15) is 113 Å². The summed E-state index contributed by atoms with van der Waals surface area (Å²) in [4.78, 5) is 13.0. The van der Waals surface area contributed by atoms with Crippen LogP contribution in [0.2, 0.25) is 36.3 Å². The largest absolute Gasteiger partial charge is 0.413 e. The molecule has 3 aliphatic carbocycles. The fourth-order valence-electron chi connectivity index (χ4n) is 6.48. The van der Waals surface area contributed by atoms with Gasteiger partial charge in [-0.2, -0.15) is 0 Å². The summed E-state index contributed by atoms with van der Waals surface area (Å²) in [5.74, 6) is 9.54. The molecule has 3 saturated carbocycles. The summed E-state index contributed by atoms with van der Waals surface area (Å²) < 4.78 is 14.2. The second-order valence-electron chi connectivity index (χ2n) is 15.8. The zero-order valence-corrected chi connectivity index (χ0v) is 28.8. The maximum absolute atomic E-state index is 13.0. The quantitative estimate of drug-likeness (QED) is 0.240. The minimum atomic E-state index is -1.98. The van der Waals surface area contributed by atoms with Crippen LogP contribution in [0.5, 0.6) is 0 Å². The van der Waals surface area contributed by atoms with Crippen LogP contribution in [0.3, 0.4) is 0 Å². The summed E-state index contributed by atoms with van der Waals surface area (Å²) in [6.07, 6.45) is 12.1. The standard InChI is InChI=1S/C33H60O3Si2/c1-12-25-30-26(29(23-21-27(30)31(25)34)36-38(10,11)33(5,6)7)20-22-28(35-37(8,9)32(2,3)4)24-18-16-14-13-15-17-19-24/h24-30H,12-19,21,23H2,1-11H3/t25?,26-,27-,28-,29+,30+/m1/s1. The predicted molar refractivity (Wildman–Crippen MR) is 166 cm³/mol. The van der Waals surface area contributed by atoms with E-state index in [1.165, 1.54) is 44.9 Å². The van der Waals surface area contributed by atoms with Crippen molar-refractivity contribution >= 4 is 22.4 Å². The van der Waals surface area contributed by atoms with Crippen LogP contribution in [-0.4, -0.2) is 34.6 Å². The van der Waals surface area contributed by atoms with Gasteiger partial charge >= 0.3 is 0 Å². The third kappa shape index (κ3) is 7.07. The zero-order chi connectivity index (χ0) is 28.5. The lowest BCUT2D eigenvalue weighted by molar-refractivity contribution is -0.153. The van der Waals surface area contributed by atoms with Gasteiger partial charge in [0.1, 0.15) is 11.9 Å². The van der Waals surface area contributed by atoms with Crippen molar-refractivity contribution in [2.45, 2.75) is 161 Å². The first kappa shape index (κ1) is 32.1. The Morgan fingerprint density at radius 2 is 1.39 bits per heavy atom. The van der Waals surface area contributed by atoms with Gasteiger partial charge in [0.15, 0.2) is 16.6 Å². The second-order valence-corrected chi connectivity index (χ2v) is 25.3. The first-order chi connectivity index (χ1) is 17.5. The summed E-state index contributed by atoms with van der Waals surface area (Å²) in [5.41, 5.74) is 0. The van der Waals surface area contributed by atoms with Crippen molar-refractivity contribution in [3.63, 3.8) is 0 Å². The Labute approximate surface area is 238 Å². The normalized spacial score (nSPS) is 30.8. The molecule has 0 radical (unpaired) electrons. The number of carbonyl (C=O) groups is 1. The number of Topliss-reactive ketones (excluding diaryl/α,β-unsaturated/α-hetero) is 1. The molecule has 0 aliphatic heterocycles. The molecule has 0 saturated heterocycles. The maximum Gasteiger partial charge on any atom is 0.193 e. The molecule has 5 heteroatoms. The number of hydrogen-bond donors (Lipinski definition) is 0. The molecule has 0 aromatic rings. The molecule has 38 heavy (non-hydrogen) atoms. The van der Waals surface area contributed by atoms with Crippen LogP contribution in [0, 0.1) is 41.4 Å². The molecule has 0 heterocycles. The minimum Gasteiger partial charge on any atom is -0.413 e. The molecule has 6 atom stereocenters. The molecule has 3 rings (SSSR count). The number of carbonyl (C=O) groups excluding carboxylic acids is 1. The Morgan fingerprint density at radius 3 is 1.92 bits per heavy atom.